The van der Waals surface area contributed by atoms with Crippen molar-refractivity contribution < 1.29 is 19.7 Å². The molecule has 1 aromatic heterocycles. The van der Waals surface area contributed by atoms with Crippen LogP contribution in [0.1, 0.15) is 52.7 Å². The fourth-order valence-electron chi connectivity index (χ4n) is 2.62. The normalized spacial score (nSPS) is 14.9. The standard InChI is InChI=1S/C20H34N2O4S.2ClH/c1-5-6-7-15(4)26-17-8-9-22-16(10-17)11-20(25,19(23)24)18(21)13-27-12-14(2)3;;/h8-10,14-15,18,25H,5-7,11-13,21H2,1-4H3,(H,23,24);2*1H/t15-,18+,20-;;/m1../s1. The summed E-state index contributed by atoms with van der Waals surface area (Å²) < 4.78 is 5.88. The first-order valence-electron chi connectivity index (χ1n) is 9.59. The van der Waals surface area contributed by atoms with Gasteiger partial charge in [0, 0.05) is 30.1 Å². The molecule has 170 valence electrons. The zero-order valence-electron chi connectivity index (χ0n) is 17.7. The molecule has 6 nitrogen and oxygen atoms in total. The summed E-state index contributed by atoms with van der Waals surface area (Å²) in [4.78, 5) is 15.9. The highest BCUT2D eigenvalue weighted by Crippen LogP contribution is 2.23. The van der Waals surface area contributed by atoms with Gasteiger partial charge in [0.15, 0.2) is 5.60 Å². The summed E-state index contributed by atoms with van der Waals surface area (Å²) in [7, 11) is 0. The SMILES string of the molecule is CCCC[C@@H](C)Oc1ccnc(C[C@](O)(C(=O)O)[C@@H](N)CSCC(C)C)c1.Cl.Cl. The van der Waals surface area contributed by atoms with Crippen LogP contribution in [0.25, 0.3) is 0 Å². The molecule has 0 fully saturated rings. The molecule has 1 aromatic rings. The second kappa shape index (κ2) is 15.1. The first-order valence-corrected chi connectivity index (χ1v) is 10.7. The molecule has 0 amide bonds. The van der Waals surface area contributed by atoms with Crippen molar-refractivity contribution in [2.75, 3.05) is 11.5 Å². The van der Waals surface area contributed by atoms with Crippen LogP contribution < -0.4 is 10.5 Å². The molecule has 3 atom stereocenters. The van der Waals surface area contributed by atoms with Crippen molar-refractivity contribution in [3.05, 3.63) is 24.0 Å². The molecule has 0 saturated carbocycles. The van der Waals surface area contributed by atoms with Crippen molar-refractivity contribution >= 4 is 42.5 Å². The van der Waals surface area contributed by atoms with Gasteiger partial charge in [0.2, 0.25) is 0 Å². The molecule has 29 heavy (non-hydrogen) atoms. The summed E-state index contributed by atoms with van der Waals surface area (Å²) in [6.45, 7) is 8.30. The molecule has 0 spiro atoms. The Hall–Kier alpha value is -0.730. The van der Waals surface area contributed by atoms with Gasteiger partial charge in [-0.1, -0.05) is 33.6 Å². The van der Waals surface area contributed by atoms with Gasteiger partial charge in [-0.3, -0.25) is 4.98 Å². The smallest absolute Gasteiger partial charge is 0.337 e. The van der Waals surface area contributed by atoms with Gasteiger partial charge in [-0.2, -0.15) is 11.8 Å². The van der Waals surface area contributed by atoms with Crippen LogP contribution in [0, 0.1) is 5.92 Å². The van der Waals surface area contributed by atoms with Gasteiger partial charge in [0.1, 0.15) is 5.75 Å². The fraction of sp³-hybridized carbons (Fsp3) is 0.700. The number of hydrogen-bond donors (Lipinski definition) is 3. The van der Waals surface area contributed by atoms with Crippen LogP contribution in [0.15, 0.2) is 18.3 Å². The lowest BCUT2D eigenvalue weighted by Crippen LogP contribution is -2.57. The Kier molecular flexibility index (Phi) is 15.9. The second-order valence-corrected chi connectivity index (χ2v) is 8.57. The topological polar surface area (TPSA) is 106 Å². The number of thioether (sulfide) groups is 1. The molecule has 4 N–H and O–H groups in total. The van der Waals surface area contributed by atoms with Crippen LogP contribution in [-0.4, -0.2) is 50.4 Å². The van der Waals surface area contributed by atoms with Crippen LogP contribution in [0.2, 0.25) is 0 Å². The minimum atomic E-state index is -2.07. The number of aliphatic hydroxyl groups is 1. The summed E-state index contributed by atoms with van der Waals surface area (Å²) in [5.74, 6) is 1.00. The van der Waals surface area contributed by atoms with Crippen LogP contribution in [0.3, 0.4) is 0 Å². The number of carboxylic acids is 1. The van der Waals surface area contributed by atoms with E-state index in [0.29, 0.717) is 23.1 Å². The summed E-state index contributed by atoms with van der Waals surface area (Å²) in [5.41, 5.74) is 4.43. The maximum atomic E-state index is 11.7. The summed E-state index contributed by atoms with van der Waals surface area (Å²) in [6.07, 6.45) is 4.61. The molecule has 1 rings (SSSR count). The molecule has 0 aliphatic heterocycles. The van der Waals surface area contributed by atoms with E-state index in [2.05, 4.69) is 25.8 Å². The Morgan fingerprint density at radius 2 is 1.97 bits per heavy atom. The molecular weight excluding hydrogens is 435 g/mol. The minimum Gasteiger partial charge on any atom is -0.491 e. The lowest BCUT2D eigenvalue weighted by atomic mass is 9.90. The average Bonchev–Trinajstić information content (AvgIpc) is 2.59. The van der Waals surface area contributed by atoms with Crippen molar-refractivity contribution in [1.29, 1.82) is 0 Å². The Labute approximate surface area is 191 Å². The van der Waals surface area contributed by atoms with Gasteiger partial charge >= 0.3 is 5.97 Å². The maximum Gasteiger partial charge on any atom is 0.337 e. The molecule has 0 radical (unpaired) electrons. The van der Waals surface area contributed by atoms with Gasteiger partial charge < -0.3 is 20.7 Å². The second-order valence-electron chi connectivity index (χ2n) is 7.50. The first kappa shape index (κ1) is 30.5. The van der Waals surface area contributed by atoms with Crippen LogP contribution >= 0.6 is 36.6 Å². The van der Waals surface area contributed by atoms with Gasteiger partial charge in [-0.05, 0) is 31.1 Å². The number of nitrogens with two attached hydrogens (primary N) is 1. The third-order valence-corrected chi connectivity index (χ3v) is 5.77. The lowest BCUT2D eigenvalue weighted by Gasteiger charge is -2.29. The first-order chi connectivity index (χ1) is 12.7. The molecule has 9 heteroatoms. The zero-order chi connectivity index (χ0) is 20.4. The Bertz CT molecular complexity index is 595. The van der Waals surface area contributed by atoms with Gasteiger partial charge in [-0.25, -0.2) is 4.79 Å². The quantitative estimate of drug-likeness (QED) is 0.400. The van der Waals surface area contributed by atoms with Crippen LogP contribution in [-0.2, 0) is 11.2 Å². The summed E-state index contributed by atoms with van der Waals surface area (Å²) in [6, 6.07) is 2.53. The van der Waals surface area contributed by atoms with E-state index in [1.165, 1.54) is 0 Å². The number of carbonyl (C=O) groups is 1. The average molecular weight is 471 g/mol. The number of aliphatic carboxylic acids is 1. The Balaban J connectivity index is 0. The highest BCUT2D eigenvalue weighted by Gasteiger charge is 2.43. The number of hydrogen-bond acceptors (Lipinski definition) is 6. The van der Waals surface area contributed by atoms with E-state index in [9.17, 15) is 15.0 Å². The van der Waals surface area contributed by atoms with E-state index >= 15 is 0 Å². The highest BCUT2D eigenvalue weighted by molar-refractivity contribution is 7.99. The molecule has 0 aliphatic carbocycles. The molecule has 0 bridgehead atoms. The predicted octanol–water partition coefficient (Wildman–Crippen LogP) is 3.96. The maximum absolute atomic E-state index is 11.7. The Morgan fingerprint density at radius 3 is 2.52 bits per heavy atom. The third-order valence-electron chi connectivity index (χ3n) is 4.27. The van der Waals surface area contributed by atoms with E-state index in [-0.39, 0.29) is 37.3 Å². The number of ether oxygens (including phenoxy) is 1. The van der Waals surface area contributed by atoms with E-state index in [1.54, 1.807) is 30.1 Å². The number of unbranched alkanes of at least 4 members (excludes halogenated alkanes) is 1. The molecule has 0 unspecified atom stereocenters. The molecular formula is C20H36Cl2N2O4S. The van der Waals surface area contributed by atoms with Gasteiger partial charge in [-0.15, -0.1) is 24.8 Å². The van der Waals surface area contributed by atoms with Crippen LogP contribution in [0.4, 0.5) is 0 Å². The largest absolute Gasteiger partial charge is 0.491 e. The lowest BCUT2D eigenvalue weighted by molar-refractivity contribution is -0.160. The van der Waals surface area contributed by atoms with E-state index < -0.39 is 17.6 Å². The number of pyridine rings is 1. The Morgan fingerprint density at radius 1 is 1.31 bits per heavy atom. The number of nitrogens with zero attached hydrogens (tertiary/aromatic N) is 1. The van der Waals surface area contributed by atoms with Crippen molar-refractivity contribution in [2.45, 2.75) is 71.1 Å². The number of halogens is 2. The van der Waals surface area contributed by atoms with Crippen molar-refractivity contribution in [1.82, 2.24) is 4.98 Å². The molecule has 0 aromatic carbocycles. The van der Waals surface area contributed by atoms with Crippen molar-refractivity contribution in [3.63, 3.8) is 0 Å². The van der Waals surface area contributed by atoms with E-state index in [4.69, 9.17) is 10.5 Å². The molecule has 1 heterocycles. The van der Waals surface area contributed by atoms with Gasteiger partial charge in [0.25, 0.3) is 0 Å². The minimum absolute atomic E-state index is 0. The zero-order valence-corrected chi connectivity index (χ0v) is 20.1. The predicted molar refractivity (Wildman–Crippen MR) is 125 cm³/mol. The summed E-state index contributed by atoms with van der Waals surface area (Å²) in [5, 5.41) is 20.3. The van der Waals surface area contributed by atoms with E-state index in [0.717, 1.165) is 25.0 Å². The van der Waals surface area contributed by atoms with Gasteiger partial charge in [0.05, 0.1) is 12.1 Å². The number of aromatic nitrogens is 1. The summed E-state index contributed by atoms with van der Waals surface area (Å²) >= 11 is 1.55. The third kappa shape index (κ3) is 10.7. The number of carboxylic acid groups (broad SMARTS) is 1. The number of rotatable bonds is 13. The fourth-order valence-corrected chi connectivity index (χ4v) is 3.76. The van der Waals surface area contributed by atoms with E-state index in [1.807, 2.05) is 6.92 Å². The highest BCUT2D eigenvalue weighted by atomic mass is 35.5. The molecule has 0 saturated heterocycles. The van der Waals surface area contributed by atoms with Crippen molar-refractivity contribution in [3.8, 4) is 5.75 Å². The van der Waals surface area contributed by atoms with Crippen molar-refractivity contribution in [2.24, 2.45) is 11.7 Å². The monoisotopic (exact) mass is 470 g/mol. The van der Waals surface area contributed by atoms with Crippen LogP contribution in [0.5, 0.6) is 5.75 Å². The molecule has 0 aliphatic rings.